The van der Waals surface area contributed by atoms with Crippen LogP contribution in [0.25, 0.3) is 5.70 Å². The standard InChI is InChI=1S/C17H13BrN4/c18-14-8-6-12(7-9-14)15-10-16(13-4-2-1-3-5-13)22-17(21-15)19-11-20-22/h1-11,16H,(H,19,20,21). The van der Waals surface area contributed by atoms with Gasteiger partial charge in [-0.1, -0.05) is 58.4 Å². The average molecular weight is 353 g/mol. The molecule has 0 fully saturated rings. The first-order chi connectivity index (χ1) is 10.8. The number of rotatable bonds is 2. The highest BCUT2D eigenvalue weighted by Gasteiger charge is 2.23. The third-order valence-corrected chi connectivity index (χ3v) is 4.23. The topological polar surface area (TPSA) is 42.7 Å². The van der Waals surface area contributed by atoms with Gasteiger partial charge in [0.25, 0.3) is 0 Å². The lowest BCUT2D eigenvalue weighted by atomic mass is 10.0. The van der Waals surface area contributed by atoms with Crippen LogP contribution in [0.4, 0.5) is 5.95 Å². The number of nitrogens with one attached hydrogen (secondary N) is 1. The molecule has 0 aliphatic carbocycles. The molecule has 2 aromatic carbocycles. The highest BCUT2D eigenvalue weighted by Crippen LogP contribution is 2.31. The molecule has 1 N–H and O–H groups in total. The van der Waals surface area contributed by atoms with Crippen LogP contribution in [0, 0.1) is 0 Å². The van der Waals surface area contributed by atoms with E-state index in [-0.39, 0.29) is 6.04 Å². The molecule has 1 aliphatic rings. The van der Waals surface area contributed by atoms with Gasteiger partial charge in [0.15, 0.2) is 0 Å². The van der Waals surface area contributed by atoms with Gasteiger partial charge in [0.05, 0.1) is 0 Å². The Bertz CT molecular complexity index is 821. The zero-order valence-electron chi connectivity index (χ0n) is 11.6. The van der Waals surface area contributed by atoms with Gasteiger partial charge in [-0.3, -0.25) is 0 Å². The Morgan fingerprint density at radius 1 is 1.00 bits per heavy atom. The minimum Gasteiger partial charge on any atom is -0.324 e. The van der Waals surface area contributed by atoms with E-state index in [1.807, 2.05) is 35.0 Å². The first-order valence-electron chi connectivity index (χ1n) is 7.00. The number of anilines is 1. The van der Waals surface area contributed by atoms with Crippen LogP contribution in [-0.2, 0) is 0 Å². The Hall–Kier alpha value is -2.40. The molecule has 0 spiro atoms. The SMILES string of the molecule is Brc1ccc(C2=CC(c3ccccc3)n3ncnc3N2)cc1. The van der Waals surface area contributed by atoms with Crippen LogP contribution in [0.1, 0.15) is 17.2 Å². The second-order valence-corrected chi connectivity index (χ2v) is 6.01. The van der Waals surface area contributed by atoms with Crippen molar-refractivity contribution in [2.45, 2.75) is 6.04 Å². The lowest BCUT2D eigenvalue weighted by molar-refractivity contribution is 0.612. The molecule has 1 aliphatic heterocycles. The summed E-state index contributed by atoms with van der Waals surface area (Å²) >= 11 is 3.47. The highest BCUT2D eigenvalue weighted by molar-refractivity contribution is 9.10. The number of hydrogen-bond donors (Lipinski definition) is 1. The fraction of sp³-hybridized carbons (Fsp3) is 0.0588. The van der Waals surface area contributed by atoms with Crippen molar-refractivity contribution >= 4 is 27.6 Å². The molecule has 0 saturated heterocycles. The van der Waals surface area contributed by atoms with Crippen molar-refractivity contribution in [2.24, 2.45) is 0 Å². The number of nitrogens with zero attached hydrogens (tertiary/aromatic N) is 3. The molecular weight excluding hydrogens is 340 g/mol. The van der Waals surface area contributed by atoms with Crippen LogP contribution in [0.15, 0.2) is 71.5 Å². The number of aromatic nitrogens is 3. The Morgan fingerprint density at radius 3 is 2.55 bits per heavy atom. The van der Waals surface area contributed by atoms with Crippen molar-refractivity contribution in [2.75, 3.05) is 5.32 Å². The first-order valence-corrected chi connectivity index (χ1v) is 7.80. The molecule has 0 radical (unpaired) electrons. The number of halogens is 1. The van der Waals surface area contributed by atoms with Crippen LogP contribution in [0.2, 0.25) is 0 Å². The largest absolute Gasteiger partial charge is 0.324 e. The van der Waals surface area contributed by atoms with Gasteiger partial charge in [-0.2, -0.15) is 10.1 Å². The van der Waals surface area contributed by atoms with E-state index in [1.165, 1.54) is 5.56 Å². The predicted molar refractivity (Wildman–Crippen MR) is 90.3 cm³/mol. The Balaban J connectivity index is 1.81. The Kier molecular flexibility index (Phi) is 3.27. The first kappa shape index (κ1) is 13.3. The van der Waals surface area contributed by atoms with Crippen molar-refractivity contribution in [3.63, 3.8) is 0 Å². The van der Waals surface area contributed by atoms with Crippen molar-refractivity contribution in [3.8, 4) is 0 Å². The van der Waals surface area contributed by atoms with Gasteiger partial charge < -0.3 is 5.32 Å². The highest BCUT2D eigenvalue weighted by atomic mass is 79.9. The molecule has 0 saturated carbocycles. The Morgan fingerprint density at radius 2 is 1.77 bits per heavy atom. The molecule has 0 amide bonds. The van der Waals surface area contributed by atoms with E-state index >= 15 is 0 Å². The molecule has 1 unspecified atom stereocenters. The minimum atomic E-state index is 0.0404. The van der Waals surface area contributed by atoms with Crippen molar-refractivity contribution in [1.82, 2.24) is 14.8 Å². The Labute approximate surface area is 136 Å². The fourth-order valence-electron chi connectivity index (χ4n) is 2.62. The monoisotopic (exact) mass is 352 g/mol. The maximum Gasteiger partial charge on any atom is 0.226 e. The van der Waals surface area contributed by atoms with Gasteiger partial charge in [-0.25, -0.2) is 4.68 Å². The van der Waals surface area contributed by atoms with E-state index in [0.717, 1.165) is 21.7 Å². The fourth-order valence-corrected chi connectivity index (χ4v) is 2.88. The van der Waals surface area contributed by atoms with E-state index in [0.29, 0.717) is 0 Å². The van der Waals surface area contributed by atoms with Crippen LogP contribution in [0.3, 0.4) is 0 Å². The maximum absolute atomic E-state index is 4.35. The summed E-state index contributed by atoms with van der Waals surface area (Å²) in [7, 11) is 0. The quantitative estimate of drug-likeness (QED) is 0.754. The van der Waals surface area contributed by atoms with Gasteiger partial charge in [0.2, 0.25) is 5.95 Å². The van der Waals surface area contributed by atoms with Crippen LogP contribution in [0.5, 0.6) is 0 Å². The lowest BCUT2D eigenvalue weighted by Gasteiger charge is -2.24. The van der Waals surface area contributed by atoms with E-state index in [1.54, 1.807) is 6.33 Å². The van der Waals surface area contributed by atoms with Gasteiger partial charge in [-0.05, 0) is 29.3 Å². The lowest BCUT2D eigenvalue weighted by Crippen LogP contribution is -2.20. The van der Waals surface area contributed by atoms with Gasteiger partial charge in [-0.15, -0.1) is 0 Å². The van der Waals surface area contributed by atoms with E-state index in [2.05, 4.69) is 61.7 Å². The predicted octanol–water partition coefficient (Wildman–Crippen LogP) is 4.10. The van der Waals surface area contributed by atoms with Crippen molar-refractivity contribution in [1.29, 1.82) is 0 Å². The summed E-state index contributed by atoms with van der Waals surface area (Å²) in [5.41, 5.74) is 3.35. The van der Waals surface area contributed by atoms with Gasteiger partial charge in [0.1, 0.15) is 12.4 Å². The zero-order valence-corrected chi connectivity index (χ0v) is 13.2. The normalized spacial score (nSPS) is 16.6. The molecule has 108 valence electrons. The molecule has 4 nitrogen and oxygen atoms in total. The smallest absolute Gasteiger partial charge is 0.226 e. The van der Waals surface area contributed by atoms with Crippen LogP contribution < -0.4 is 5.32 Å². The molecule has 2 heterocycles. The average Bonchev–Trinajstić information content (AvgIpc) is 3.04. The molecule has 3 aromatic rings. The summed E-state index contributed by atoms with van der Waals surface area (Å²) in [5.74, 6) is 0.759. The minimum absolute atomic E-state index is 0.0404. The maximum atomic E-state index is 4.35. The molecule has 4 rings (SSSR count). The molecule has 5 heteroatoms. The van der Waals surface area contributed by atoms with Crippen LogP contribution >= 0.6 is 15.9 Å². The van der Waals surface area contributed by atoms with Gasteiger partial charge >= 0.3 is 0 Å². The van der Waals surface area contributed by atoms with E-state index in [4.69, 9.17) is 0 Å². The summed E-state index contributed by atoms with van der Waals surface area (Å²) in [5, 5.41) is 7.70. The van der Waals surface area contributed by atoms with E-state index in [9.17, 15) is 0 Å². The zero-order chi connectivity index (χ0) is 14.9. The van der Waals surface area contributed by atoms with E-state index < -0.39 is 0 Å². The molecule has 1 aromatic heterocycles. The summed E-state index contributed by atoms with van der Waals surface area (Å²) in [6, 6.07) is 18.6. The number of fused-ring (bicyclic) bond motifs is 1. The second kappa shape index (κ2) is 5.42. The molecule has 1 atom stereocenters. The molecular formula is C17H13BrN4. The van der Waals surface area contributed by atoms with Crippen molar-refractivity contribution < 1.29 is 0 Å². The van der Waals surface area contributed by atoms with Crippen molar-refractivity contribution in [3.05, 3.63) is 82.6 Å². The number of allylic oxidation sites excluding steroid dienone is 1. The third-order valence-electron chi connectivity index (χ3n) is 3.70. The molecule has 22 heavy (non-hydrogen) atoms. The summed E-state index contributed by atoms with van der Waals surface area (Å²) in [4.78, 5) is 4.32. The molecule has 0 bridgehead atoms. The number of hydrogen-bond acceptors (Lipinski definition) is 3. The number of benzene rings is 2. The summed E-state index contributed by atoms with van der Waals surface area (Å²) in [6.07, 6.45) is 3.76. The van der Waals surface area contributed by atoms with Gasteiger partial charge in [0, 0.05) is 10.2 Å². The second-order valence-electron chi connectivity index (χ2n) is 5.10. The van der Waals surface area contributed by atoms with Crippen LogP contribution in [-0.4, -0.2) is 14.8 Å². The summed E-state index contributed by atoms with van der Waals surface area (Å²) in [6.45, 7) is 0. The third kappa shape index (κ3) is 2.33. The summed E-state index contributed by atoms with van der Waals surface area (Å²) < 4.78 is 2.97.